The second-order valence-corrected chi connectivity index (χ2v) is 5.28. The van der Waals surface area contributed by atoms with Crippen LogP contribution in [0.1, 0.15) is 11.1 Å². The van der Waals surface area contributed by atoms with Gasteiger partial charge in [0.25, 0.3) is 11.4 Å². The van der Waals surface area contributed by atoms with Crippen molar-refractivity contribution in [3.63, 3.8) is 0 Å². The summed E-state index contributed by atoms with van der Waals surface area (Å²) in [4.78, 5) is 32.1. The van der Waals surface area contributed by atoms with Gasteiger partial charge in [0.1, 0.15) is 12.6 Å². The van der Waals surface area contributed by atoms with Crippen molar-refractivity contribution >= 4 is 17.3 Å². The quantitative estimate of drug-likeness (QED) is 0.460. The molecular formula is C16H15N3O6. The molecule has 2 aromatic carbocycles. The van der Waals surface area contributed by atoms with Crippen LogP contribution in [-0.4, -0.2) is 21.9 Å². The average molecular weight is 345 g/mol. The minimum absolute atomic E-state index is 0.140. The zero-order chi connectivity index (χ0) is 18.4. The lowest BCUT2D eigenvalue weighted by atomic mass is 10.1. The lowest BCUT2D eigenvalue weighted by Gasteiger charge is -2.11. The van der Waals surface area contributed by atoms with Crippen LogP contribution in [0.25, 0.3) is 0 Å². The first-order valence-corrected chi connectivity index (χ1v) is 7.25. The van der Waals surface area contributed by atoms with Gasteiger partial charge in [-0.15, -0.1) is 0 Å². The Morgan fingerprint density at radius 3 is 2.08 bits per heavy atom. The highest BCUT2D eigenvalue weighted by Crippen LogP contribution is 2.23. The van der Waals surface area contributed by atoms with Gasteiger partial charge >= 0.3 is 5.97 Å². The maximum atomic E-state index is 11.9. The smallest absolute Gasteiger partial charge is 0.323 e. The minimum atomic E-state index is -0.906. The number of hydrogen-bond donors (Lipinski definition) is 1. The van der Waals surface area contributed by atoms with Gasteiger partial charge in [0, 0.05) is 17.7 Å². The van der Waals surface area contributed by atoms with Crippen molar-refractivity contribution in [1.29, 1.82) is 0 Å². The number of hydrogen-bond acceptors (Lipinski definition) is 7. The fraction of sp³-hybridized carbons (Fsp3) is 0.188. The summed E-state index contributed by atoms with van der Waals surface area (Å²) in [5.74, 6) is -0.696. The molecule has 2 N–H and O–H groups in total. The first kappa shape index (κ1) is 18.0. The lowest BCUT2D eigenvalue weighted by Crippen LogP contribution is -2.34. The number of esters is 1. The van der Waals surface area contributed by atoms with Gasteiger partial charge in [-0.25, -0.2) is 0 Å². The largest absolute Gasteiger partial charge is 0.460 e. The van der Waals surface area contributed by atoms with Crippen molar-refractivity contribution in [2.75, 3.05) is 0 Å². The third-order valence-electron chi connectivity index (χ3n) is 3.37. The van der Waals surface area contributed by atoms with Gasteiger partial charge in [-0.2, -0.15) is 0 Å². The number of rotatable bonds is 7. The molecule has 0 amide bonds. The highest BCUT2D eigenvalue weighted by molar-refractivity contribution is 5.76. The van der Waals surface area contributed by atoms with E-state index in [1.807, 2.05) is 30.3 Å². The molecule has 2 rings (SSSR count). The van der Waals surface area contributed by atoms with E-state index in [1.165, 1.54) is 0 Å². The molecule has 0 aliphatic heterocycles. The molecule has 0 fully saturated rings. The summed E-state index contributed by atoms with van der Waals surface area (Å²) in [7, 11) is 0. The number of carbonyl (C=O) groups excluding carboxylic acids is 1. The van der Waals surface area contributed by atoms with E-state index in [-0.39, 0.29) is 18.6 Å². The van der Waals surface area contributed by atoms with E-state index in [0.29, 0.717) is 0 Å². The minimum Gasteiger partial charge on any atom is -0.460 e. The SMILES string of the molecule is N[C@H](Cc1ccccc1)C(=O)OCc1cc([N+](=O)[O-])cc([N+](=O)[O-])c1. The number of benzene rings is 2. The molecule has 0 spiro atoms. The zero-order valence-corrected chi connectivity index (χ0v) is 13.0. The summed E-state index contributed by atoms with van der Waals surface area (Å²) in [6, 6.07) is 11.3. The molecule has 0 heterocycles. The number of nitrogens with two attached hydrogens (primary N) is 1. The topological polar surface area (TPSA) is 139 Å². The maximum absolute atomic E-state index is 11.9. The van der Waals surface area contributed by atoms with Crippen LogP contribution in [-0.2, 0) is 22.6 Å². The van der Waals surface area contributed by atoms with E-state index in [2.05, 4.69) is 0 Å². The molecule has 0 unspecified atom stereocenters. The molecule has 9 nitrogen and oxygen atoms in total. The van der Waals surface area contributed by atoms with E-state index in [0.717, 1.165) is 23.8 Å². The van der Waals surface area contributed by atoms with E-state index < -0.39 is 33.2 Å². The van der Waals surface area contributed by atoms with Gasteiger partial charge in [0.15, 0.2) is 0 Å². The summed E-state index contributed by atoms with van der Waals surface area (Å²) >= 11 is 0. The Morgan fingerprint density at radius 1 is 1.00 bits per heavy atom. The third kappa shape index (κ3) is 5.08. The third-order valence-corrected chi connectivity index (χ3v) is 3.37. The molecule has 2 aromatic rings. The van der Waals surface area contributed by atoms with Crippen LogP contribution >= 0.6 is 0 Å². The Morgan fingerprint density at radius 2 is 1.56 bits per heavy atom. The van der Waals surface area contributed by atoms with Crippen LogP contribution in [0.4, 0.5) is 11.4 Å². The van der Waals surface area contributed by atoms with Crippen molar-refractivity contribution in [3.8, 4) is 0 Å². The summed E-state index contributed by atoms with van der Waals surface area (Å²) in [5, 5.41) is 21.7. The molecule has 0 aromatic heterocycles. The predicted molar refractivity (Wildman–Crippen MR) is 87.7 cm³/mol. The van der Waals surface area contributed by atoms with Gasteiger partial charge in [0.05, 0.1) is 15.9 Å². The fourth-order valence-corrected chi connectivity index (χ4v) is 2.16. The average Bonchev–Trinajstić information content (AvgIpc) is 2.60. The Bertz CT molecular complexity index is 761. The van der Waals surface area contributed by atoms with Gasteiger partial charge in [-0.3, -0.25) is 25.0 Å². The molecule has 0 saturated carbocycles. The maximum Gasteiger partial charge on any atom is 0.323 e. The van der Waals surface area contributed by atoms with Crippen LogP contribution in [0, 0.1) is 20.2 Å². The number of nitro benzene ring substituents is 2. The van der Waals surface area contributed by atoms with Crippen molar-refractivity contribution < 1.29 is 19.4 Å². The number of nitrogens with zero attached hydrogens (tertiary/aromatic N) is 2. The summed E-state index contributed by atoms with van der Waals surface area (Å²) in [6.45, 7) is -0.343. The molecule has 9 heteroatoms. The number of non-ortho nitro benzene ring substituents is 2. The monoisotopic (exact) mass is 345 g/mol. The van der Waals surface area contributed by atoms with Crippen LogP contribution in [0.5, 0.6) is 0 Å². The highest BCUT2D eigenvalue weighted by Gasteiger charge is 2.19. The van der Waals surface area contributed by atoms with Crippen LogP contribution in [0.15, 0.2) is 48.5 Å². The summed E-state index contributed by atoms with van der Waals surface area (Å²) in [5.41, 5.74) is 5.88. The van der Waals surface area contributed by atoms with Crippen LogP contribution in [0.2, 0.25) is 0 Å². The van der Waals surface area contributed by atoms with Gasteiger partial charge in [-0.1, -0.05) is 30.3 Å². The predicted octanol–water partition coefficient (Wildman–Crippen LogP) is 2.12. The van der Waals surface area contributed by atoms with Crippen molar-refractivity contribution in [1.82, 2.24) is 0 Å². The zero-order valence-electron chi connectivity index (χ0n) is 13.0. The second-order valence-electron chi connectivity index (χ2n) is 5.28. The molecule has 25 heavy (non-hydrogen) atoms. The molecule has 1 atom stereocenters. The van der Waals surface area contributed by atoms with E-state index >= 15 is 0 Å². The molecule has 0 saturated heterocycles. The molecular weight excluding hydrogens is 330 g/mol. The van der Waals surface area contributed by atoms with Crippen LogP contribution in [0.3, 0.4) is 0 Å². The first-order chi connectivity index (χ1) is 11.9. The van der Waals surface area contributed by atoms with Gasteiger partial charge < -0.3 is 10.5 Å². The Labute approximate surface area is 142 Å². The van der Waals surface area contributed by atoms with Gasteiger partial charge in [-0.05, 0) is 12.0 Å². The molecule has 130 valence electrons. The fourth-order valence-electron chi connectivity index (χ4n) is 2.16. The van der Waals surface area contributed by atoms with Crippen molar-refractivity contribution in [2.24, 2.45) is 5.73 Å². The summed E-state index contributed by atoms with van der Waals surface area (Å²) in [6.07, 6.45) is 0.273. The second kappa shape index (κ2) is 7.97. The molecule has 0 bridgehead atoms. The standard InChI is InChI=1S/C16H15N3O6/c17-15(8-11-4-2-1-3-5-11)16(20)25-10-12-6-13(18(21)22)9-14(7-12)19(23)24/h1-7,9,15H,8,10,17H2/t15-/m1/s1. The highest BCUT2D eigenvalue weighted by atomic mass is 16.6. The molecule has 0 radical (unpaired) electrons. The van der Waals surface area contributed by atoms with Crippen molar-refractivity contribution in [2.45, 2.75) is 19.1 Å². The Balaban J connectivity index is 2.03. The van der Waals surface area contributed by atoms with E-state index in [4.69, 9.17) is 10.5 Å². The normalized spacial score (nSPS) is 11.6. The van der Waals surface area contributed by atoms with E-state index in [1.54, 1.807) is 0 Å². The molecule has 0 aliphatic carbocycles. The van der Waals surface area contributed by atoms with Crippen LogP contribution < -0.4 is 5.73 Å². The summed E-state index contributed by atoms with van der Waals surface area (Å²) < 4.78 is 5.02. The van der Waals surface area contributed by atoms with Gasteiger partial charge in [0.2, 0.25) is 0 Å². The lowest BCUT2D eigenvalue weighted by molar-refractivity contribution is -0.394. The Hall–Kier alpha value is -3.33. The van der Waals surface area contributed by atoms with Crippen molar-refractivity contribution in [3.05, 3.63) is 79.9 Å². The number of ether oxygens (including phenoxy) is 1. The van der Waals surface area contributed by atoms with E-state index in [9.17, 15) is 25.0 Å². The number of carbonyl (C=O) groups is 1. The first-order valence-electron chi connectivity index (χ1n) is 7.25. The Kier molecular flexibility index (Phi) is 5.75. The number of nitro groups is 2. The molecule has 0 aliphatic rings.